The zero-order chi connectivity index (χ0) is 18.4. The Hall–Kier alpha value is -3.07. The number of amides is 2. The van der Waals surface area contributed by atoms with Crippen LogP contribution in [0.15, 0.2) is 48.5 Å². The molecule has 25 heavy (non-hydrogen) atoms. The third-order valence-corrected chi connectivity index (χ3v) is 3.59. The van der Waals surface area contributed by atoms with Gasteiger partial charge in [-0.3, -0.25) is 4.72 Å². The molecule has 0 heterocycles. The number of hydrogen-bond acceptors (Lipinski definition) is 5. The van der Waals surface area contributed by atoms with Crippen molar-refractivity contribution in [2.24, 2.45) is 0 Å². The first-order chi connectivity index (χ1) is 11.8. The topological polar surface area (TPSA) is 114 Å². The first-order valence-corrected chi connectivity index (χ1v) is 9.00. The number of ether oxygens (including phenoxy) is 1. The summed E-state index contributed by atoms with van der Waals surface area (Å²) in [4.78, 5) is 23.5. The first-order valence-electron chi connectivity index (χ1n) is 7.11. The number of carbonyl (C=O) groups is 2. The van der Waals surface area contributed by atoms with Gasteiger partial charge >= 0.3 is 12.0 Å². The third kappa shape index (κ3) is 5.81. The summed E-state index contributed by atoms with van der Waals surface area (Å²) < 4.78 is 29.2. The standard InChI is InChI=1S/C16H17N3O5S/c1-24-15(20)11-4-3-5-14(10-11)18-16(21)17-12-6-8-13(9-7-12)19-25(2,22)23/h3-10,19H,1-2H3,(H2,17,18,21). The van der Waals surface area contributed by atoms with Crippen molar-refractivity contribution in [3.63, 3.8) is 0 Å². The Morgan fingerprint density at radius 2 is 1.52 bits per heavy atom. The number of anilines is 3. The van der Waals surface area contributed by atoms with Crippen LogP contribution in [0.25, 0.3) is 0 Å². The van der Waals surface area contributed by atoms with E-state index in [1.807, 2.05) is 0 Å². The number of carbonyl (C=O) groups excluding carboxylic acids is 2. The van der Waals surface area contributed by atoms with Gasteiger partial charge in [-0.15, -0.1) is 0 Å². The lowest BCUT2D eigenvalue weighted by Gasteiger charge is -2.09. The maximum atomic E-state index is 12.0. The number of esters is 1. The minimum atomic E-state index is -3.35. The lowest BCUT2D eigenvalue weighted by molar-refractivity contribution is 0.0600. The van der Waals surface area contributed by atoms with Crippen molar-refractivity contribution in [1.29, 1.82) is 0 Å². The number of benzene rings is 2. The molecule has 2 amide bonds. The maximum absolute atomic E-state index is 12.0. The zero-order valence-electron chi connectivity index (χ0n) is 13.6. The maximum Gasteiger partial charge on any atom is 0.337 e. The SMILES string of the molecule is COC(=O)c1cccc(NC(=O)Nc2ccc(NS(C)(=O)=O)cc2)c1. The van der Waals surface area contributed by atoms with E-state index >= 15 is 0 Å². The third-order valence-electron chi connectivity index (χ3n) is 2.99. The van der Waals surface area contributed by atoms with E-state index in [0.717, 1.165) is 6.26 Å². The minimum Gasteiger partial charge on any atom is -0.465 e. The quantitative estimate of drug-likeness (QED) is 0.706. The van der Waals surface area contributed by atoms with E-state index in [9.17, 15) is 18.0 Å². The van der Waals surface area contributed by atoms with Gasteiger partial charge in [0.2, 0.25) is 10.0 Å². The van der Waals surface area contributed by atoms with Crippen molar-refractivity contribution in [3.8, 4) is 0 Å². The Kier molecular flexibility index (Phi) is 5.60. The highest BCUT2D eigenvalue weighted by Crippen LogP contribution is 2.16. The number of nitrogens with one attached hydrogen (secondary N) is 3. The first kappa shape index (κ1) is 18.3. The largest absolute Gasteiger partial charge is 0.465 e. The summed E-state index contributed by atoms with van der Waals surface area (Å²) in [6.45, 7) is 0. The summed E-state index contributed by atoms with van der Waals surface area (Å²) in [5.41, 5.74) is 1.60. The lowest BCUT2D eigenvalue weighted by atomic mass is 10.2. The van der Waals surface area contributed by atoms with E-state index in [0.29, 0.717) is 22.6 Å². The molecule has 0 spiro atoms. The average molecular weight is 363 g/mol. The van der Waals surface area contributed by atoms with Crippen LogP contribution in [0.1, 0.15) is 10.4 Å². The summed E-state index contributed by atoms with van der Waals surface area (Å²) >= 11 is 0. The molecule has 0 aliphatic heterocycles. The Morgan fingerprint density at radius 1 is 0.920 bits per heavy atom. The monoisotopic (exact) mass is 363 g/mol. The second-order valence-corrected chi connectivity index (χ2v) is 6.85. The molecule has 2 aromatic carbocycles. The average Bonchev–Trinajstić information content (AvgIpc) is 2.54. The molecule has 0 aromatic heterocycles. The van der Waals surface area contributed by atoms with Crippen molar-refractivity contribution in [1.82, 2.24) is 0 Å². The van der Waals surface area contributed by atoms with Crippen LogP contribution in [-0.2, 0) is 14.8 Å². The van der Waals surface area contributed by atoms with Crippen LogP contribution in [0.3, 0.4) is 0 Å². The lowest BCUT2D eigenvalue weighted by Crippen LogP contribution is -2.19. The highest BCUT2D eigenvalue weighted by atomic mass is 32.2. The molecule has 8 nitrogen and oxygen atoms in total. The van der Waals surface area contributed by atoms with E-state index in [4.69, 9.17) is 0 Å². The molecular weight excluding hydrogens is 346 g/mol. The van der Waals surface area contributed by atoms with Gasteiger partial charge in [-0.1, -0.05) is 6.07 Å². The van der Waals surface area contributed by atoms with E-state index in [2.05, 4.69) is 20.1 Å². The second-order valence-electron chi connectivity index (χ2n) is 5.10. The van der Waals surface area contributed by atoms with Crippen LogP contribution in [0.5, 0.6) is 0 Å². The van der Waals surface area contributed by atoms with E-state index in [1.54, 1.807) is 30.3 Å². The summed E-state index contributed by atoms with van der Waals surface area (Å²) in [6.07, 6.45) is 1.05. The Morgan fingerprint density at radius 3 is 2.12 bits per heavy atom. The van der Waals surface area contributed by atoms with Crippen LogP contribution in [-0.4, -0.2) is 33.8 Å². The van der Waals surface area contributed by atoms with Gasteiger partial charge in [0.1, 0.15) is 0 Å². The van der Waals surface area contributed by atoms with Crippen LogP contribution in [0.2, 0.25) is 0 Å². The predicted octanol–water partition coefficient (Wildman–Crippen LogP) is 2.49. The van der Waals surface area contributed by atoms with Crippen molar-refractivity contribution in [2.45, 2.75) is 0 Å². The number of sulfonamides is 1. The fraction of sp³-hybridized carbons (Fsp3) is 0.125. The van der Waals surface area contributed by atoms with Crippen molar-refractivity contribution < 1.29 is 22.7 Å². The van der Waals surface area contributed by atoms with Crippen molar-refractivity contribution in [2.75, 3.05) is 28.7 Å². The molecule has 3 N–H and O–H groups in total. The number of urea groups is 1. The van der Waals surface area contributed by atoms with Crippen LogP contribution < -0.4 is 15.4 Å². The predicted molar refractivity (Wildman–Crippen MR) is 95.3 cm³/mol. The van der Waals surface area contributed by atoms with E-state index < -0.39 is 22.0 Å². The molecule has 0 saturated heterocycles. The highest BCUT2D eigenvalue weighted by molar-refractivity contribution is 7.92. The highest BCUT2D eigenvalue weighted by Gasteiger charge is 2.08. The Labute approximate surface area is 145 Å². The molecule has 0 fully saturated rings. The fourth-order valence-corrected chi connectivity index (χ4v) is 2.54. The molecule has 0 bridgehead atoms. The van der Waals surface area contributed by atoms with Gasteiger partial charge in [0.25, 0.3) is 0 Å². The number of methoxy groups -OCH3 is 1. The van der Waals surface area contributed by atoms with Gasteiger partial charge in [0, 0.05) is 17.1 Å². The summed E-state index contributed by atoms with van der Waals surface area (Å²) in [7, 11) is -2.08. The van der Waals surface area contributed by atoms with Crippen molar-refractivity contribution in [3.05, 3.63) is 54.1 Å². The molecule has 0 atom stereocenters. The van der Waals surface area contributed by atoms with Gasteiger partial charge in [-0.25, -0.2) is 18.0 Å². The smallest absolute Gasteiger partial charge is 0.337 e. The molecule has 0 saturated carbocycles. The molecule has 0 radical (unpaired) electrons. The molecule has 0 aliphatic rings. The molecule has 2 aromatic rings. The second kappa shape index (κ2) is 7.67. The number of rotatable bonds is 5. The molecule has 0 aliphatic carbocycles. The normalized spacial score (nSPS) is 10.6. The Bertz CT molecular complexity index is 879. The van der Waals surface area contributed by atoms with Crippen LogP contribution in [0.4, 0.5) is 21.9 Å². The fourth-order valence-electron chi connectivity index (χ4n) is 1.97. The van der Waals surface area contributed by atoms with Crippen molar-refractivity contribution >= 4 is 39.1 Å². The van der Waals surface area contributed by atoms with Gasteiger partial charge in [0.05, 0.1) is 18.9 Å². The van der Waals surface area contributed by atoms with Gasteiger partial charge in [0.15, 0.2) is 0 Å². The minimum absolute atomic E-state index is 0.316. The van der Waals surface area contributed by atoms with Crippen LogP contribution in [0, 0.1) is 0 Å². The van der Waals surface area contributed by atoms with Gasteiger partial charge in [-0.05, 0) is 42.5 Å². The van der Waals surface area contributed by atoms with Crippen LogP contribution >= 0.6 is 0 Å². The molecule has 132 valence electrons. The molecule has 0 unspecified atom stereocenters. The Balaban J connectivity index is 1.99. The summed E-state index contributed by atoms with van der Waals surface area (Å²) in [5.74, 6) is -0.502. The summed E-state index contributed by atoms with van der Waals surface area (Å²) in [6, 6.07) is 12.0. The summed E-state index contributed by atoms with van der Waals surface area (Å²) in [5, 5.41) is 5.19. The zero-order valence-corrected chi connectivity index (χ0v) is 14.4. The number of hydrogen-bond donors (Lipinski definition) is 3. The molecule has 9 heteroatoms. The molecular formula is C16H17N3O5S. The van der Waals surface area contributed by atoms with Gasteiger partial charge < -0.3 is 15.4 Å². The van der Waals surface area contributed by atoms with E-state index in [1.165, 1.54) is 25.3 Å². The van der Waals surface area contributed by atoms with Gasteiger partial charge in [-0.2, -0.15) is 0 Å². The molecule has 2 rings (SSSR count). The van der Waals surface area contributed by atoms with E-state index in [-0.39, 0.29) is 0 Å².